The van der Waals surface area contributed by atoms with Crippen LogP contribution in [0.5, 0.6) is 5.75 Å². The first-order valence-electron chi connectivity index (χ1n) is 7.14. The van der Waals surface area contributed by atoms with Crippen LogP contribution in [0.2, 0.25) is 0 Å². The smallest absolute Gasteiger partial charge is 0.249 e. The van der Waals surface area contributed by atoms with Crippen LogP contribution in [0.25, 0.3) is 22.3 Å². The lowest BCUT2D eigenvalue weighted by atomic mass is 9.94. The number of nitrogens with two attached hydrogens (primary N) is 2. The zero-order valence-corrected chi connectivity index (χ0v) is 12.4. The molecular weight excluding hydrogens is 288 g/mol. The summed E-state index contributed by atoms with van der Waals surface area (Å²) in [5, 5.41) is 9.41. The lowest BCUT2D eigenvalue weighted by molar-refractivity contribution is 0.100. The molecule has 0 aliphatic heterocycles. The number of benzene rings is 3. The van der Waals surface area contributed by atoms with Gasteiger partial charge in [0.05, 0.1) is 0 Å². The molecule has 0 heterocycles. The number of carbonyl (C=O) groups is 1. The van der Waals surface area contributed by atoms with E-state index in [2.05, 4.69) is 0 Å². The summed E-state index contributed by atoms with van der Waals surface area (Å²) < 4.78 is 0. The van der Waals surface area contributed by atoms with Gasteiger partial charge in [0, 0.05) is 16.8 Å². The molecule has 1 amide bonds. The Kier molecular flexibility index (Phi) is 3.73. The number of amides is 1. The summed E-state index contributed by atoms with van der Waals surface area (Å²) in [7, 11) is 0. The Balaban J connectivity index is 2.16. The Bertz CT molecular complexity index is 871. The highest BCUT2D eigenvalue weighted by molar-refractivity contribution is 6.01. The highest BCUT2D eigenvalue weighted by atomic mass is 16.3. The third kappa shape index (κ3) is 2.87. The first-order chi connectivity index (χ1) is 11.1. The summed E-state index contributed by atoms with van der Waals surface area (Å²) in [5.74, 6) is -0.279. The van der Waals surface area contributed by atoms with Crippen LogP contribution in [0.15, 0.2) is 66.7 Å². The van der Waals surface area contributed by atoms with Gasteiger partial charge in [-0.25, -0.2) is 0 Å². The number of rotatable bonds is 3. The first kappa shape index (κ1) is 14.7. The Morgan fingerprint density at radius 3 is 2.17 bits per heavy atom. The fraction of sp³-hybridized carbons (Fsp3) is 0. The minimum atomic E-state index is -0.491. The average Bonchev–Trinajstić information content (AvgIpc) is 2.56. The number of hydrogen-bond donors (Lipinski definition) is 3. The molecule has 0 aliphatic rings. The van der Waals surface area contributed by atoms with Gasteiger partial charge in [0.25, 0.3) is 0 Å². The van der Waals surface area contributed by atoms with E-state index in [1.54, 1.807) is 30.3 Å². The van der Waals surface area contributed by atoms with E-state index in [1.165, 1.54) is 0 Å². The van der Waals surface area contributed by atoms with Crippen molar-refractivity contribution >= 4 is 11.6 Å². The van der Waals surface area contributed by atoms with Gasteiger partial charge in [-0.15, -0.1) is 0 Å². The van der Waals surface area contributed by atoms with Crippen molar-refractivity contribution in [1.29, 1.82) is 0 Å². The highest BCUT2D eigenvalue weighted by Crippen LogP contribution is 2.33. The predicted octanol–water partition coefficient (Wildman–Crippen LogP) is 3.41. The van der Waals surface area contributed by atoms with Gasteiger partial charge in [0.2, 0.25) is 5.91 Å². The summed E-state index contributed by atoms with van der Waals surface area (Å²) in [6, 6.07) is 19.6. The van der Waals surface area contributed by atoms with Crippen LogP contribution in [-0.2, 0) is 0 Å². The highest BCUT2D eigenvalue weighted by Gasteiger charge is 2.12. The number of phenols is 1. The van der Waals surface area contributed by atoms with Gasteiger partial charge in [-0.05, 0) is 47.0 Å². The number of primary amides is 1. The summed E-state index contributed by atoms with van der Waals surface area (Å²) >= 11 is 0. The molecule has 3 aromatic carbocycles. The molecule has 0 unspecified atom stereocenters. The van der Waals surface area contributed by atoms with Gasteiger partial charge < -0.3 is 16.6 Å². The SMILES string of the molecule is NC(=O)c1ccccc1-c1cc(-c2ccc(O)cc2)ccc1N. The normalized spacial score (nSPS) is 10.4. The molecule has 0 aromatic heterocycles. The second-order valence-electron chi connectivity index (χ2n) is 5.26. The molecule has 0 spiro atoms. The number of anilines is 1. The molecule has 5 N–H and O–H groups in total. The molecule has 4 heteroatoms. The second kappa shape index (κ2) is 5.85. The lowest BCUT2D eigenvalue weighted by Crippen LogP contribution is -2.12. The molecule has 0 bridgehead atoms. The summed E-state index contributed by atoms with van der Waals surface area (Å²) in [6.07, 6.45) is 0. The van der Waals surface area contributed by atoms with Gasteiger partial charge in [0.1, 0.15) is 5.75 Å². The molecule has 3 aromatic rings. The molecule has 0 saturated carbocycles. The van der Waals surface area contributed by atoms with E-state index in [9.17, 15) is 9.90 Å². The van der Waals surface area contributed by atoms with Crippen LogP contribution in [0.3, 0.4) is 0 Å². The summed E-state index contributed by atoms with van der Waals surface area (Å²) in [4.78, 5) is 11.7. The van der Waals surface area contributed by atoms with Gasteiger partial charge in [-0.3, -0.25) is 4.79 Å². The molecule has 0 atom stereocenters. The zero-order chi connectivity index (χ0) is 16.4. The molecule has 4 nitrogen and oxygen atoms in total. The van der Waals surface area contributed by atoms with E-state index in [4.69, 9.17) is 11.5 Å². The van der Waals surface area contributed by atoms with Crippen LogP contribution >= 0.6 is 0 Å². The Morgan fingerprint density at radius 1 is 0.826 bits per heavy atom. The van der Waals surface area contributed by atoms with E-state index in [-0.39, 0.29) is 5.75 Å². The topological polar surface area (TPSA) is 89.3 Å². The number of nitrogen functional groups attached to an aromatic ring is 1. The molecule has 23 heavy (non-hydrogen) atoms. The van der Waals surface area contributed by atoms with Crippen molar-refractivity contribution in [3.63, 3.8) is 0 Å². The van der Waals surface area contributed by atoms with Crippen molar-refractivity contribution in [1.82, 2.24) is 0 Å². The third-order valence-electron chi connectivity index (χ3n) is 3.74. The maximum absolute atomic E-state index is 11.7. The van der Waals surface area contributed by atoms with Gasteiger partial charge in [0.15, 0.2) is 0 Å². The minimum absolute atomic E-state index is 0.212. The lowest BCUT2D eigenvalue weighted by Gasteiger charge is -2.12. The quantitative estimate of drug-likeness (QED) is 0.648. The van der Waals surface area contributed by atoms with Crippen molar-refractivity contribution in [3.05, 3.63) is 72.3 Å². The molecule has 0 saturated heterocycles. The van der Waals surface area contributed by atoms with E-state index >= 15 is 0 Å². The molecule has 0 radical (unpaired) electrons. The van der Waals surface area contributed by atoms with Crippen molar-refractivity contribution < 1.29 is 9.90 Å². The Hall–Kier alpha value is -3.27. The number of aromatic hydroxyl groups is 1. The zero-order valence-electron chi connectivity index (χ0n) is 12.4. The fourth-order valence-electron chi connectivity index (χ4n) is 2.56. The van der Waals surface area contributed by atoms with E-state index in [1.807, 2.05) is 36.4 Å². The van der Waals surface area contributed by atoms with Crippen molar-refractivity contribution in [3.8, 4) is 28.0 Å². The largest absolute Gasteiger partial charge is 0.508 e. The molecule has 0 fully saturated rings. The molecular formula is C19H16N2O2. The average molecular weight is 304 g/mol. The summed E-state index contributed by atoms with van der Waals surface area (Å²) in [6.45, 7) is 0. The van der Waals surface area contributed by atoms with Crippen LogP contribution in [-0.4, -0.2) is 11.0 Å². The van der Waals surface area contributed by atoms with E-state index in [0.29, 0.717) is 16.8 Å². The van der Waals surface area contributed by atoms with Gasteiger partial charge >= 0.3 is 0 Å². The van der Waals surface area contributed by atoms with Gasteiger partial charge in [-0.1, -0.05) is 36.4 Å². The van der Waals surface area contributed by atoms with E-state index < -0.39 is 5.91 Å². The monoisotopic (exact) mass is 304 g/mol. The Labute approximate surface area is 134 Å². The fourth-order valence-corrected chi connectivity index (χ4v) is 2.56. The third-order valence-corrected chi connectivity index (χ3v) is 3.74. The Morgan fingerprint density at radius 2 is 1.48 bits per heavy atom. The first-order valence-corrected chi connectivity index (χ1v) is 7.14. The summed E-state index contributed by atoms with van der Waals surface area (Å²) in [5.41, 5.74) is 15.9. The maximum atomic E-state index is 11.7. The maximum Gasteiger partial charge on any atom is 0.249 e. The molecule has 3 rings (SSSR count). The van der Waals surface area contributed by atoms with Gasteiger partial charge in [-0.2, -0.15) is 0 Å². The van der Waals surface area contributed by atoms with Crippen LogP contribution < -0.4 is 11.5 Å². The van der Waals surface area contributed by atoms with Crippen molar-refractivity contribution in [2.45, 2.75) is 0 Å². The minimum Gasteiger partial charge on any atom is -0.508 e. The standard InChI is InChI=1S/C19H16N2O2/c20-18-10-7-13(12-5-8-14(22)9-6-12)11-17(18)15-3-1-2-4-16(15)19(21)23/h1-11,22H,20H2,(H2,21,23). The van der Waals surface area contributed by atoms with Crippen molar-refractivity contribution in [2.24, 2.45) is 5.73 Å². The number of hydrogen-bond acceptors (Lipinski definition) is 3. The van der Waals surface area contributed by atoms with Crippen LogP contribution in [0, 0.1) is 0 Å². The predicted molar refractivity (Wildman–Crippen MR) is 91.9 cm³/mol. The second-order valence-corrected chi connectivity index (χ2v) is 5.26. The molecule has 0 aliphatic carbocycles. The molecule has 114 valence electrons. The van der Waals surface area contributed by atoms with Crippen molar-refractivity contribution in [2.75, 3.05) is 5.73 Å². The number of phenolic OH excluding ortho intramolecular Hbond substituents is 1. The number of carbonyl (C=O) groups excluding carboxylic acids is 1. The van der Waals surface area contributed by atoms with Crippen LogP contribution in [0.1, 0.15) is 10.4 Å². The van der Waals surface area contributed by atoms with E-state index in [0.717, 1.165) is 16.7 Å². The van der Waals surface area contributed by atoms with Crippen LogP contribution in [0.4, 0.5) is 5.69 Å².